The van der Waals surface area contributed by atoms with Gasteiger partial charge in [0.25, 0.3) is 0 Å². The number of nitrogens with one attached hydrogen (secondary N) is 1. The molecule has 1 aromatic carbocycles. The molecule has 1 aliphatic rings. The van der Waals surface area contributed by atoms with Crippen LogP contribution in [0.3, 0.4) is 0 Å². The summed E-state index contributed by atoms with van der Waals surface area (Å²) in [5.41, 5.74) is 2.59. The van der Waals surface area contributed by atoms with Gasteiger partial charge in [-0.15, -0.1) is 0 Å². The lowest BCUT2D eigenvalue weighted by molar-refractivity contribution is 0.326. The first-order valence-corrected chi connectivity index (χ1v) is 5.32. The van der Waals surface area contributed by atoms with E-state index in [0.29, 0.717) is 0 Å². The minimum atomic E-state index is 0.779. The molecule has 1 heterocycles. The third-order valence-corrected chi connectivity index (χ3v) is 2.69. The van der Waals surface area contributed by atoms with E-state index in [1.807, 2.05) is 7.05 Å². The topological polar surface area (TPSA) is 30.5 Å². The molecule has 0 amide bonds. The van der Waals surface area contributed by atoms with Crippen molar-refractivity contribution in [2.24, 2.45) is 0 Å². The molecule has 2 rings (SSSR count). The monoisotopic (exact) mass is 207 g/mol. The molecule has 1 aromatic rings. The van der Waals surface area contributed by atoms with Gasteiger partial charge in [0.05, 0.1) is 13.7 Å². The van der Waals surface area contributed by atoms with E-state index in [-0.39, 0.29) is 0 Å². The van der Waals surface area contributed by atoms with E-state index in [1.54, 1.807) is 7.11 Å². The summed E-state index contributed by atoms with van der Waals surface area (Å²) >= 11 is 0. The van der Waals surface area contributed by atoms with E-state index >= 15 is 0 Å². The van der Waals surface area contributed by atoms with Crippen LogP contribution in [0.1, 0.15) is 11.1 Å². The van der Waals surface area contributed by atoms with Crippen molar-refractivity contribution in [3.63, 3.8) is 0 Å². The van der Waals surface area contributed by atoms with Crippen LogP contribution in [-0.2, 0) is 12.8 Å². The van der Waals surface area contributed by atoms with E-state index in [9.17, 15) is 0 Å². The summed E-state index contributed by atoms with van der Waals surface area (Å²) < 4.78 is 10.9. The Hall–Kier alpha value is -1.22. The molecule has 0 unspecified atom stereocenters. The van der Waals surface area contributed by atoms with Gasteiger partial charge in [-0.25, -0.2) is 0 Å². The zero-order valence-electron chi connectivity index (χ0n) is 9.30. The predicted molar refractivity (Wildman–Crippen MR) is 59.8 cm³/mol. The molecular weight excluding hydrogens is 190 g/mol. The van der Waals surface area contributed by atoms with Crippen LogP contribution >= 0.6 is 0 Å². The van der Waals surface area contributed by atoms with E-state index in [2.05, 4.69) is 17.4 Å². The van der Waals surface area contributed by atoms with Crippen LogP contribution in [0.5, 0.6) is 11.5 Å². The van der Waals surface area contributed by atoms with Gasteiger partial charge in [-0.1, -0.05) is 6.07 Å². The quantitative estimate of drug-likeness (QED) is 0.809. The van der Waals surface area contributed by atoms with Gasteiger partial charge in [0.1, 0.15) is 0 Å². The number of benzene rings is 1. The molecule has 0 radical (unpaired) electrons. The minimum absolute atomic E-state index is 0.779. The van der Waals surface area contributed by atoms with Gasteiger partial charge in [-0.3, -0.25) is 0 Å². The number of hydrogen-bond acceptors (Lipinski definition) is 3. The Kier molecular flexibility index (Phi) is 3.11. The normalized spacial score (nSPS) is 13.5. The van der Waals surface area contributed by atoms with Gasteiger partial charge in [-0.2, -0.15) is 0 Å². The van der Waals surface area contributed by atoms with Gasteiger partial charge in [0.15, 0.2) is 11.5 Å². The molecular formula is C12H17NO2. The van der Waals surface area contributed by atoms with Crippen LogP contribution < -0.4 is 14.8 Å². The van der Waals surface area contributed by atoms with Crippen LogP contribution in [0.25, 0.3) is 0 Å². The smallest absolute Gasteiger partial charge is 0.164 e. The molecule has 15 heavy (non-hydrogen) atoms. The minimum Gasteiger partial charge on any atom is -0.493 e. The van der Waals surface area contributed by atoms with Crippen LogP contribution in [0.2, 0.25) is 0 Å². The summed E-state index contributed by atoms with van der Waals surface area (Å²) in [6.45, 7) is 1.77. The van der Waals surface area contributed by atoms with Crippen LogP contribution in [0, 0.1) is 0 Å². The van der Waals surface area contributed by atoms with Crippen molar-refractivity contribution in [2.75, 3.05) is 27.3 Å². The average Bonchev–Trinajstić information content (AvgIpc) is 2.73. The largest absolute Gasteiger partial charge is 0.493 e. The van der Waals surface area contributed by atoms with Crippen LogP contribution in [0.4, 0.5) is 0 Å². The maximum Gasteiger partial charge on any atom is 0.164 e. The summed E-state index contributed by atoms with van der Waals surface area (Å²) in [4.78, 5) is 0. The molecule has 0 aromatic heterocycles. The van der Waals surface area contributed by atoms with E-state index in [0.717, 1.165) is 37.5 Å². The molecule has 0 atom stereocenters. The molecule has 0 fully saturated rings. The SMILES string of the molecule is CNCCc1cc2c(c(OC)c1)OCC2. The molecule has 0 bridgehead atoms. The van der Waals surface area contributed by atoms with Gasteiger partial charge in [0, 0.05) is 12.0 Å². The Labute approximate surface area is 90.4 Å². The highest BCUT2D eigenvalue weighted by Gasteiger charge is 2.18. The number of methoxy groups -OCH3 is 1. The predicted octanol–water partition coefficient (Wildman–Crippen LogP) is 1.39. The fourth-order valence-corrected chi connectivity index (χ4v) is 1.90. The van der Waals surface area contributed by atoms with E-state index < -0.39 is 0 Å². The number of fused-ring (bicyclic) bond motifs is 1. The zero-order chi connectivity index (χ0) is 10.7. The highest BCUT2D eigenvalue weighted by molar-refractivity contribution is 5.51. The van der Waals surface area contributed by atoms with E-state index in [4.69, 9.17) is 9.47 Å². The van der Waals surface area contributed by atoms with Crippen LogP contribution in [0.15, 0.2) is 12.1 Å². The maximum atomic E-state index is 5.54. The Balaban J connectivity index is 2.26. The van der Waals surface area contributed by atoms with Crippen molar-refractivity contribution in [3.05, 3.63) is 23.3 Å². The number of likely N-dealkylation sites (N-methyl/N-ethyl adjacent to an activating group) is 1. The van der Waals surface area contributed by atoms with Crippen molar-refractivity contribution >= 4 is 0 Å². The third-order valence-electron chi connectivity index (χ3n) is 2.69. The highest BCUT2D eigenvalue weighted by Crippen LogP contribution is 2.36. The first-order chi connectivity index (χ1) is 7.35. The Morgan fingerprint density at radius 2 is 2.33 bits per heavy atom. The Bertz CT molecular complexity index is 350. The van der Waals surface area contributed by atoms with Crippen molar-refractivity contribution in [1.29, 1.82) is 0 Å². The number of ether oxygens (including phenoxy) is 2. The fraction of sp³-hybridized carbons (Fsp3) is 0.500. The van der Waals surface area contributed by atoms with Gasteiger partial charge >= 0.3 is 0 Å². The zero-order valence-corrected chi connectivity index (χ0v) is 9.30. The second kappa shape index (κ2) is 4.53. The number of hydrogen-bond donors (Lipinski definition) is 1. The second-order valence-electron chi connectivity index (χ2n) is 3.74. The molecule has 0 aliphatic carbocycles. The van der Waals surface area contributed by atoms with Crippen molar-refractivity contribution in [2.45, 2.75) is 12.8 Å². The average molecular weight is 207 g/mol. The summed E-state index contributed by atoms with van der Waals surface area (Å²) in [6, 6.07) is 4.30. The van der Waals surface area contributed by atoms with Crippen molar-refractivity contribution in [3.8, 4) is 11.5 Å². The number of rotatable bonds is 4. The van der Waals surface area contributed by atoms with Crippen LogP contribution in [-0.4, -0.2) is 27.3 Å². The molecule has 1 aliphatic heterocycles. The Morgan fingerprint density at radius 3 is 3.07 bits per heavy atom. The lowest BCUT2D eigenvalue weighted by Gasteiger charge is -2.09. The molecule has 82 valence electrons. The second-order valence-corrected chi connectivity index (χ2v) is 3.74. The molecule has 3 heteroatoms. The molecule has 3 nitrogen and oxygen atoms in total. The molecule has 0 spiro atoms. The summed E-state index contributed by atoms with van der Waals surface area (Å²) in [7, 11) is 3.66. The lowest BCUT2D eigenvalue weighted by Crippen LogP contribution is -2.10. The lowest BCUT2D eigenvalue weighted by atomic mass is 10.1. The maximum absolute atomic E-state index is 5.54. The summed E-state index contributed by atoms with van der Waals surface area (Å²) in [6.07, 6.45) is 2.03. The van der Waals surface area contributed by atoms with Crippen molar-refractivity contribution in [1.82, 2.24) is 5.32 Å². The molecule has 0 saturated heterocycles. The van der Waals surface area contributed by atoms with E-state index in [1.165, 1.54) is 11.1 Å². The van der Waals surface area contributed by atoms with Gasteiger partial charge < -0.3 is 14.8 Å². The Morgan fingerprint density at radius 1 is 1.47 bits per heavy atom. The van der Waals surface area contributed by atoms with Gasteiger partial charge in [0.2, 0.25) is 0 Å². The fourth-order valence-electron chi connectivity index (χ4n) is 1.90. The van der Waals surface area contributed by atoms with Gasteiger partial charge in [-0.05, 0) is 31.6 Å². The highest BCUT2D eigenvalue weighted by atomic mass is 16.5. The molecule has 1 N–H and O–H groups in total. The summed E-state index contributed by atoms with van der Waals surface area (Å²) in [5, 5.41) is 3.15. The first kappa shape index (κ1) is 10.3. The summed E-state index contributed by atoms with van der Waals surface area (Å²) in [5.74, 6) is 1.81. The third kappa shape index (κ3) is 2.07. The van der Waals surface area contributed by atoms with Crippen molar-refractivity contribution < 1.29 is 9.47 Å². The standard InChI is InChI=1S/C12H17NO2/c1-13-5-3-9-7-10-4-6-15-12(10)11(8-9)14-2/h7-8,13H,3-6H2,1-2H3. The molecule has 0 saturated carbocycles. The first-order valence-electron chi connectivity index (χ1n) is 5.32.